The quantitative estimate of drug-likeness (QED) is 0.460. The number of carboxylic acid groups (broad SMARTS) is 1. The van der Waals surface area contributed by atoms with Crippen molar-refractivity contribution in [2.24, 2.45) is 11.7 Å². The first-order chi connectivity index (χ1) is 8.34. The van der Waals surface area contributed by atoms with Crippen LogP contribution in [0.1, 0.15) is 33.1 Å². The van der Waals surface area contributed by atoms with E-state index in [9.17, 15) is 14.4 Å². The Labute approximate surface area is 106 Å². The molecule has 0 aliphatic heterocycles. The summed E-state index contributed by atoms with van der Waals surface area (Å²) in [7, 11) is 0. The third-order valence-electron chi connectivity index (χ3n) is 2.38. The molecule has 0 rings (SSSR count). The monoisotopic (exact) mass is 259 g/mol. The van der Waals surface area contributed by atoms with Gasteiger partial charge in [-0.05, 0) is 18.8 Å². The van der Waals surface area contributed by atoms with Gasteiger partial charge in [0.2, 0.25) is 5.91 Å². The number of carboxylic acids is 1. The fourth-order valence-electron chi connectivity index (χ4n) is 1.38. The molecule has 0 fully saturated rings. The van der Waals surface area contributed by atoms with E-state index in [-0.39, 0.29) is 18.2 Å². The maximum absolute atomic E-state index is 11.5. The Hall–Kier alpha value is -1.79. The van der Waals surface area contributed by atoms with Crippen molar-refractivity contribution >= 4 is 17.9 Å². The molecule has 0 aromatic carbocycles. The lowest BCUT2D eigenvalue weighted by Crippen LogP contribution is -2.44. The number of carbonyl (C=O) groups excluding carboxylic acids is 2. The van der Waals surface area contributed by atoms with Gasteiger partial charge >= 0.3 is 12.0 Å². The van der Waals surface area contributed by atoms with Crippen LogP contribution in [0.15, 0.2) is 0 Å². The van der Waals surface area contributed by atoms with Crippen LogP contribution in [0.2, 0.25) is 0 Å². The van der Waals surface area contributed by atoms with Gasteiger partial charge in [0.25, 0.3) is 0 Å². The molecule has 0 aromatic heterocycles. The summed E-state index contributed by atoms with van der Waals surface area (Å²) in [6, 6.07) is -1.45. The minimum absolute atomic E-state index is 0.164. The molecule has 3 amide bonds. The van der Waals surface area contributed by atoms with Gasteiger partial charge in [-0.1, -0.05) is 13.8 Å². The number of nitrogens with one attached hydrogen (secondary N) is 2. The van der Waals surface area contributed by atoms with Crippen LogP contribution >= 0.6 is 0 Å². The van der Waals surface area contributed by atoms with Crippen molar-refractivity contribution in [3.05, 3.63) is 0 Å². The summed E-state index contributed by atoms with van der Waals surface area (Å²) in [6.07, 6.45) is 1.42. The second-order valence-electron chi connectivity index (χ2n) is 4.38. The van der Waals surface area contributed by atoms with E-state index in [0.717, 1.165) is 0 Å². The maximum atomic E-state index is 11.5. The molecule has 0 saturated carbocycles. The summed E-state index contributed by atoms with van der Waals surface area (Å²) in [4.78, 5) is 32.7. The molecule has 104 valence electrons. The Morgan fingerprint density at radius 2 is 1.83 bits per heavy atom. The maximum Gasteiger partial charge on any atom is 0.326 e. The van der Waals surface area contributed by atoms with Gasteiger partial charge in [0.1, 0.15) is 6.04 Å². The minimum atomic E-state index is -1.03. The minimum Gasteiger partial charge on any atom is -0.480 e. The van der Waals surface area contributed by atoms with Crippen LogP contribution in [-0.4, -0.2) is 35.6 Å². The van der Waals surface area contributed by atoms with E-state index in [0.29, 0.717) is 19.4 Å². The zero-order valence-corrected chi connectivity index (χ0v) is 10.7. The van der Waals surface area contributed by atoms with Gasteiger partial charge in [0.05, 0.1) is 0 Å². The fourth-order valence-corrected chi connectivity index (χ4v) is 1.38. The molecule has 1 atom stereocenters. The molecule has 0 unspecified atom stereocenters. The zero-order chi connectivity index (χ0) is 14.1. The first kappa shape index (κ1) is 16.2. The van der Waals surface area contributed by atoms with Crippen LogP contribution in [0.4, 0.5) is 4.79 Å². The fraction of sp³-hybridized carbons (Fsp3) is 0.727. The highest BCUT2D eigenvalue weighted by Crippen LogP contribution is 2.03. The summed E-state index contributed by atoms with van der Waals surface area (Å²) < 4.78 is 0. The number of rotatable bonds is 8. The molecule has 0 radical (unpaired) electrons. The number of hydrogen-bond acceptors (Lipinski definition) is 3. The normalized spacial score (nSPS) is 11.9. The molecule has 7 nitrogen and oxygen atoms in total. The second-order valence-corrected chi connectivity index (χ2v) is 4.38. The molecule has 0 bridgehead atoms. The first-order valence-electron chi connectivity index (χ1n) is 5.90. The van der Waals surface area contributed by atoms with E-state index >= 15 is 0 Å². The van der Waals surface area contributed by atoms with E-state index in [2.05, 4.69) is 10.6 Å². The van der Waals surface area contributed by atoms with E-state index in [1.165, 1.54) is 0 Å². The Morgan fingerprint density at radius 3 is 2.28 bits per heavy atom. The van der Waals surface area contributed by atoms with Crippen molar-refractivity contribution in [1.29, 1.82) is 0 Å². The predicted octanol–water partition coefficient (Wildman–Crippen LogP) is 0.0504. The molecule has 0 heterocycles. The van der Waals surface area contributed by atoms with Gasteiger partial charge in [-0.3, -0.25) is 4.79 Å². The van der Waals surface area contributed by atoms with E-state index < -0.39 is 18.0 Å². The number of unbranched alkanes of at least 4 members (excludes halogenated alkanes) is 1. The highest BCUT2D eigenvalue weighted by Gasteiger charge is 2.22. The number of amides is 3. The van der Waals surface area contributed by atoms with E-state index in [1.807, 2.05) is 0 Å². The van der Waals surface area contributed by atoms with Crippen molar-refractivity contribution < 1.29 is 19.5 Å². The Morgan fingerprint density at radius 1 is 1.22 bits per heavy atom. The first-order valence-corrected chi connectivity index (χ1v) is 5.90. The molecular formula is C11H21N3O4. The lowest BCUT2D eigenvalue weighted by atomic mass is 10.0. The highest BCUT2D eigenvalue weighted by atomic mass is 16.4. The number of carbonyl (C=O) groups is 3. The van der Waals surface area contributed by atoms with Crippen LogP contribution < -0.4 is 16.4 Å². The van der Waals surface area contributed by atoms with E-state index in [1.54, 1.807) is 13.8 Å². The summed E-state index contributed by atoms with van der Waals surface area (Å²) in [5.74, 6) is -1.49. The topological polar surface area (TPSA) is 122 Å². The van der Waals surface area contributed by atoms with Crippen molar-refractivity contribution in [3.8, 4) is 0 Å². The zero-order valence-electron chi connectivity index (χ0n) is 10.7. The summed E-state index contributed by atoms with van der Waals surface area (Å²) in [6.45, 7) is 3.88. The number of nitrogens with two attached hydrogens (primary N) is 1. The van der Waals surface area contributed by atoms with Gasteiger partial charge in [-0.25, -0.2) is 9.59 Å². The second kappa shape index (κ2) is 8.32. The lowest BCUT2D eigenvalue weighted by Gasteiger charge is -2.17. The third kappa shape index (κ3) is 7.48. The van der Waals surface area contributed by atoms with Crippen LogP contribution in [0, 0.1) is 5.92 Å². The summed E-state index contributed by atoms with van der Waals surface area (Å²) in [5, 5.41) is 13.8. The smallest absolute Gasteiger partial charge is 0.326 e. The summed E-state index contributed by atoms with van der Waals surface area (Å²) in [5.41, 5.74) is 4.87. The molecule has 0 spiro atoms. The Bertz CT molecular complexity index is 305. The van der Waals surface area contributed by atoms with Crippen molar-refractivity contribution in [3.63, 3.8) is 0 Å². The van der Waals surface area contributed by atoms with Crippen molar-refractivity contribution in [1.82, 2.24) is 10.6 Å². The Balaban J connectivity index is 3.82. The number of hydrogen-bond donors (Lipinski definition) is 4. The van der Waals surface area contributed by atoms with Gasteiger partial charge in [0, 0.05) is 13.0 Å². The van der Waals surface area contributed by atoms with Crippen LogP contribution in [0.5, 0.6) is 0 Å². The lowest BCUT2D eigenvalue weighted by molar-refractivity contribution is -0.143. The largest absolute Gasteiger partial charge is 0.480 e. The number of urea groups is 1. The predicted molar refractivity (Wildman–Crippen MR) is 65.8 cm³/mol. The number of aliphatic carboxylic acids is 1. The molecule has 7 heteroatoms. The third-order valence-corrected chi connectivity index (χ3v) is 2.38. The van der Waals surface area contributed by atoms with Crippen LogP contribution in [0.3, 0.4) is 0 Å². The van der Waals surface area contributed by atoms with Crippen molar-refractivity contribution in [2.75, 3.05) is 6.54 Å². The average Bonchev–Trinajstić information content (AvgIpc) is 2.24. The SMILES string of the molecule is CC(C)[C@H](NC(=O)CCCCNC(N)=O)C(=O)O. The van der Waals surface area contributed by atoms with E-state index in [4.69, 9.17) is 10.8 Å². The van der Waals surface area contributed by atoms with Crippen LogP contribution in [-0.2, 0) is 9.59 Å². The Kier molecular flexibility index (Phi) is 7.50. The standard InChI is InChI=1S/C11H21N3O4/c1-7(2)9(10(16)17)14-8(15)5-3-4-6-13-11(12)18/h7,9H,3-6H2,1-2H3,(H,14,15)(H,16,17)(H3,12,13,18)/t9-/m0/s1. The number of primary amides is 1. The molecule has 0 aliphatic carbocycles. The van der Waals surface area contributed by atoms with Gasteiger partial charge in [0.15, 0.2) is 0 Å². The molecule has 5 N–H and O–H groups in total. The van der Waals surface area contributed by atoms with Crippen molar-refractivity contribution in [2.45, 2.75) is 39.2 Å². The molecule has 18 heavy (non-hydrogen) atoms. The van der Waals surface area contributed by atoms with Gasteiger partial charge in [-0.15, -0.1) is 0 Å². The summed E-state index contributed by atoms with van der Waals surface area (Å²) >= 11 is 0. The molecule has 0 aromatic rings. The highest BCUT2D eigenvalue weighted by molar-refractivity contribution is 5.83. The van der Waals surface area contributed by atoms with Gasteiger partial charge in [-0.2, -0.15) is 0 Å². The molecule has 0 saturated heterocycles. The van der Waals surface area contributed by atoms with Crippen LogP contribution in [0.25, 0.3) is 0 Å². The van der Waals surface area contributed by atoms with Gasteiger partial charge < -0.3 is 21.5 Å². The average molecular weight is 259 g/mol. The molecular weight excluding hydrogens is 238 g/mol. The molecule has 0 aliphatic rings.